The molecule has 0 radical (unpaired) electrons. The summed E-state index contributed by atoms with van der Waals surface area (Å²) in [6.07, 6.45) is 1.39. The number of hydrogen-bond donors (Lipinski definition) is 3. The molecule has 2 amide bonds. The van der Waals surface area contributed by atoms with Gasteiger partial charge in [0.15, 0.2) is 0 Å². The Labute approximate surface area is 119 Å². The number of benzene rings is 1. The topological polar surface area (TPSA) is 91.3 Å². The number of carboxylic acids is 1. The van der Waals surface area contributed by atoms with Gasteiger partial charge in [-0.1, -0.05) is 11.6 Å². The van der Waals surface area contributed by atoms with E-state index >= 15 is 0 Å². The highest BCUT2D eigenvalue weighted by atomic mass is 35.5. The number of urea groups is 1. The maximum atomic E-state index is 11.8. The van der Waals surface area contributed by atoms with Crippen LogP contribution >= 0.6 is 11.6 Å². The van der Waals surface area contributed by atoms with Crippen molar-refractivity contribution in [1.29, 1.82) is 0 Å². The second-order valence-electron chi connectivity index (χ2n) is 3.79. The first-order chi connectivity index (χ1) is 9.56. The van der Waals surface area contributed by atoms with Crippen LogP contribution in [0.15, 0.2) is 42.6 Å². The molecule has 1 heterocycles. The lowest BCUT2D eigenvalue weighted by atomic mass is 10.2. The predicted molar refractivity (Wildman–Crippen MR) is 75.3 cm³/mol. The third kappa shape index (κ3) is 3.46. The van der Waals surface area contributed by atoms with E-state index in [1.807, 2.05) is 0 Å². The normalized spacial score (nSPS) is 9.85. The third-order valence-corrected chi connectivity index (χ3v) is 2.62. The number of aromatic nitrogens is 1. The molecule has 0 aliphatic rings. The van der Waals surface area contributed by atoms with Crippen LogP contribution in [0.25, 0.3) is 0 Å². The molecule has 0 aliphatic carbocycles. The quantitative estimate of drug-likeness (QED) is 0.810. The molecule has 20 heavy (non-hydrogen) atoms. The Morgan fingerprint density at radius 1 is 1.10 bits per heavy atom. The van der Waals surface area contributed by atoms with E-state index < -0.39 is 12.0 Å². The summed E-state index contributed by atoms with van der Waals surface area (Å²) < 4.78 is 0. The molecule has 3 N–H and O–H groups in total. The summed E-state index contributed by atoms with van der Waals surface area (Å²) in [4.78, 5) is 26.5. The highest BCUT2D eigenvalue weighted by molar-refractivity contribution is 6.30. The highest BCUT2D eigenvalue weighted by Gasteiger charge is 2.13. The molecular weight excluding hydrogens is 282 g/mol. The minimum atomic E-state index is -1.17. The molecule has 6 nitrogen and oxygen atoms in total. The van der Waals surface area contributed by atoms with Gasteiger partial charge in [-0.15, -0.1) is 0 Å². The van der Waals surface area contributed by atoms with Gasteiger partial charge >= 0.3 is 12.0 Å². The minimum absolute atomic E-state index is 0.0218. The smallest absolute Gasteiger partial charge is 0.339 e. The number of hydrogen-bond acceptors (Lipinski definition) is 3. The Balaban J connectivity index is 2.08. The van der Waals surface area contributed by atoms with Crippen molar-refractivity contribution < 1.29 is 14.7 Å². The van der Waals surface area contributed by atoms with Gasteiger partial charge in [-0.25, -0.2) is 14.6 Å². The molecule has 0 saturated carbocycles. The number of anilines is 2. The molecule has 0 aliphatic heterocycles. The second-order valence-corrected chi connectivity index (χ2v) is 4.23. The molecule has 0 unspecified atom stereocenters. The van der Waals surface area contributed by atoms with E-state index in [1.165, 1.54) is 18.3 Å². The van der Waals surface area contributed by atoms with E-state index in [-0.39, 0.29) is 11.4 Å². The Hall–Kier alpha value is -2.60. The maximum absolute atomic E-state index is 11.8. The number of nitrogens with zero attached hydrogens (tertiary/aromatic N) is 1. The molecule has 0 fully saturated rings. The van der Waals surface area contributed by atoms with Gasteiger partial charge in [0.2, 0.25) is 0 Å². The van der Waals surface area contributed by atoms with Crippen molar-refractivity contribution in [3.63, 3.8) is 0 Å². The monoisotopic (exact) mass is 291 g/mol. The molecular formula is C13H10ClN3O3. The first kappa shape index (κ1) is 13.8. The Morgan fingerprint density at radius 3 is 2.45 bits per heavy atom. The largest absolute Gasteiger partial charge is 0.478 e. The number of pyridine rings is 1. The number of carboxylic acid groups (broad SMARTS) is 1. The average molecular weight is 292 g/mol. The van der Waals surface area contributed by atoms with Crippen LogP contribution in [0.4, 0.5) is 16.3 Å². The maximum Gasteiger partial charge on any atom is 0.339 e. The summed E-state index contributed by atoms with van der Waals surface area (Å²) in [6.45, 7) is 0. The van der Waals surface area contributed by atoms with Crippen molar-refractivity contribution in [3.05, 3.63) is 53.2 Å². The fourth-order valence-electron chi connectivity index (χ4n) is 1.48. The Morgan fingerprint density at radius 2 is 1.80 bits per heavy atom. The summed E-state index contributed by atoms with van der Waals surface area (Å²) in [5, 5.41) is 14.4. The summed E-state index contributed by atoms with van der Waals surface area (Å²) in [5.41, 5.74) is 0.443. The van der Waals surface area contributed by atoms with Crippen molar-refractivity contribution in [2.75, 3.05) is 10.6 Å². The molecule has 0 bridgehead atoms. The van der Waals surface area contributed by atoms with Gasteiger partial charge < -0.3 is 10.4 Å². The molecule has 0 saturated heterocycles. The van der Waals surface area contributed by atoms with Crippen LogP contribution in [0.5, 0.6) is 0 Å². The minimum Gasteiger partial charge on any atom is -0.478 e. The number of amides is 2. The first-order valence-corrected chi connectivity index (χ1v) is 5.96. The molecule has 102 valence electrons. The zero-order valence-electron chi connectivity index (χ0n) is 10.1. The lowest BCUT2D eigenvalue weighted by Gasteiger charge is -2.08. The van der Waals surface area contributed by atoms with E-state index in [0.29, 0.717) is 10.7 Å². The fraction of sp³-hybridized carbons (Fsp3) is 0. The molecule has 7 heteroatoms. The second kappa shape index (κ2) is 6.03. The number of carbonyl (C=O) groups is 2. The lowest BCUT2D eigenvalue weighted by molar-refractivity contribution is 0.0697. The SMILES string of the molecule is O=C(Nc1ccc(Cl)cc1)Nc1ncccc1C(=O)O. The van der Waals surface area contributed by atoms with Crippen LogP contribution in [0.2, 0.25) is 5.02 Å². The van der Waals surface area contributed by atoms with Crippen LogP contribution < -0.4 is 10.6 Å². The van der Waals surface area contributed by atoms with Crippen LogP contribution in [-0.2, 0) is 0 Å². The van der Waals surface area contributed by atoms with Crippen LogP contribution in [0.1, 0.15) is 10.4 Å². The molecule has 2 aromatic rings. The summed E-state index contributed by atoms with van der Waals surface area (Å²) in [6, 6.07) is 8.74. The van der Waals surface area contributed by atoms with Gasteiger partial charge in [-0.2, -0.15) is 0 Å². The van der Waals surface area contributed by atoms with E-state index in [9.17, 15) is 9.59 Å². The summed E-state index contributed by atoms with van der Waals surface area (Å²) in [5.74, 6) is -1.19. The number of halogens is 1. The number of carbonyl (C=O) groups excluding carboxylic acids is 1. The van der Waals surface area contributed by atoms with Crippen molar-refractivity contribution in [3.8, 4) is 0 Å². The van der Waals surface area contributed by atoms with Gasteiger partial charge in [0.05, 0.1) is 0 Å². The first-order valence-electron chi connectivity index (χ1n) is 5.58. The van der Waals surface area contributed by atoms with Crippen molar-refractivity contribution in [2.45, 2.75) is 0 Å². The fourth-order valence-corrected chi connectivity index (χ4v) is 1.61. The third-order valence-electron chi connectivity index (χ3n) is 2.37. The Kier molecular flexibility index (Phi) is 4.17. The molecule has 1 aromatic carbocycles. The summed E-state index contributed by atoms with van der Waals surface area (Å²) in [7, 11) is 0. The van der Waals surface area contributed by atoms with Gasteiger partial charge in [0.1, 0.15) is 11.4 Å². The zero-order chi connectivity index (χ0) is 14.5. The van der Waals surface area contributed by atoms with E-state index in [4.69, 9.17) is 16.7 Å². The Bertz CT molecular complexity index is 644. The van der Waals surface area contributed by atoms with Crippen LogP contribution in [-0.4, -0.2) is 22.1 Å². The predicted octanol–water partition coefficient (Wildman–Crippen LogP) is 3.08. The zero-order valence-corrected chi connectivity index (χ0v) is 10.9. The van der Waals surface area contributed by atoms with Crippen LogP contribution in [0.3, 0.4) is 0 Å². The van der Waals surface area contributed by atoms with Crippen LogP contribution in [0, 0.1) is 0 Å². The number of rotatable bonds is 3. The van der Waals surface area contributed by atoms with Gasteiger partial charge in [-0.05, 0) is 36.4 Å². The number of nitrogens with one attached hydrogen (secondary N) is 2. The van der Waals surface area contributed by atoms with Gasteiger partial charge in [-0.3, -0.25) is 5.32 Å². The lowest BCUT2D eigenvalue weighted by Crippen LogP contribution is -2.21. The van der Waals surface area contributed by atoms with E-state index in [2.05, 4.69) is 15.6 Å². The van der Waals surface area contributed by atoms with Crippen molar-refractivity contribution in [1.82, 2.24) is 4.98 Å². The standard InChI is InChI=1S/C13H10ClN3O3/c14-8-3-5-9(6-4-8)16-13(20)17-11-10(12(18)19)2-1-7-15-11/h1-7H,(H,18,19)(H2,15,16,17,20). The molecule has 2 rings (SSSR count). The van der Waals surface area contributed by atoms with Crippen molar-refractivity contribution >= 4 is 35.1 Å². The average Bonchev–Trinajstić information content (AvgIpc) is 2.41. The molecule has 0 spiro atoms. The molecule has 1 aromatic heterocycles. The van der Waals surface area contributed by atoms with Gasteiger partial charge in [0.25, 0.3) is 0 Å². The van der Waals surface area contributed by atoms with E-state index in [0.717, 1.165) is 0 Å². The number of aromatic carboxylic acids is 1. The van der Waals surface area contributed by atoms with E-state index in [1.54, 1.807) is 24.3 Å². The van der Waals surface area contributed by atoms with Gasteiger partial charge in [0, 0.05) is 16.9 Å². The highest BCUT2D eigenvalue weighted by Crippen LogP contribution is 2.15. The summed E-state index contributed by atoms with van der Waals surface area (Å²) >= 11 is 5.73. The molecule has 0 atom stereocenters. The van der Waals surface area contributed by atoms with Crippen molar-refractivity contribution in [2.24, 2.45) is 0 Å².